The van der Waals surface area contributed by atoms with Gasteiger partial charge in [0.25, 0.3) is 0 Å². The van der Waals surface area contributed by atoms with E-state index in [0.717, 1.165) is 11.0 Å². The smallest absolute Gasteiger partial charge is 0.178 e. The minimum atomic E-state index is 0.582. The van der Waals surface area contributed by atoms with E-state index < -0.39 is 0 Å². The molecule has 0 fully saturated rings. The molecule has 0 saturated carbocycles. The molecule has 3 heterocycles. The lowest BCUT2D eigenvalue weighted by atomic mass is 10.4. The van der Waals surface area contributed by atoms with Gasteiger partial charge >= 0.3 is 0 Å². The van der Waals surface area contributed by atoms with Crippen LogP contribution in [0.3, 0.4) is 0 Å². The molecule has 1 N–H and O–H groups in total. The number of fused-ring (bicyclic) bond motifs is 1. The number of halogens is 1. The molecule has 92 valence electrons. The molecule has 0 aliphatic carbocycles. The molecule has 0 saturated heterocycles. The summed E-state index contributed by atoms with van der Waals surface area (Å²) < 4.78 is 4.31. The molecule has 0 radical (unpaired) electrons. The summed E-state index contributed by atoms with van der Waals surface area (Å²) in [7, 11) is 0. The third-order valence-electron chi connectivity index (χ3n) is 2.65. The van der Waals surface area contributed by atoms with Crippen LogP contribution in [0.1, 0.15) is 0 Å². The van der Waals surface area contributed by atoms with Gasteiger partial charge in [0, 0.05) is 18.9 Å². The van der Waals surface area contributed by atoms with Crippen molar-refractivity contribution in [2.75, 3.05) is 0 Å². The molecular formula is C10H9ClN6S. The minimum Gasteiger partial charge on any atom is -0.329 e. The Morgan fingerprint density at radius 2 is 2.22 bits per heavy atom. The van der Waals surface area contributed by atoms with Gasteiger partial charge in [0.2, 0.25) is 0 Å². The number of imidazole rings is 1. The van der Waals surface area contributed by atoms with Crippen LogP contribution in [0.15, 0.2) is 24.8 Å². The van der Waals surface area contributed by atoms with Crippen molar-refractivity contribution >= 4 is 34.9 Å². The first-order valence-corrected chi connectivity index (χ1v) is 6.10. The lowest BCUT2D eigenvalue weighted by Gasteiger charge is -2.05. The second-order valence-corrected chi connectivity index (χ2v) is 4.56. The van der Waals surface area contributed by atoms with Crippen molar-refractivity contribution in [3.63, 3.8) is 0 Å². The maximum Gasteiger partial charge on any atom is 0.178 e. The van der Waals surface area contributed by atoms with Crippen molar-refractivity contribution in [2.45, 2.75) is 13.1 Å². The summed E-state index contributed by atoms with van der Waals surface area (Å²) >= 11 is 11.4. The molecule has 0 unspecified atom stereocenters. The highest BCUT2D eigenvalue weighted by Crippen LogP contribution is 2.21. The average Bonchev–Trinajstić information content (AvgIpc) is 2.94. The van der Waals surface area contributed by atoms with E-state index in [1.165, 1.54) is 0 Å². The zero-order chi connectivity index (χ0) is 12.5. The van der Waals surface area contributed by atoms with E-state index in [4.69, 9.17) is 23.8 Å². The molecule has 3 aromatic rings. The van der Waals surface area contributed by atoms with Crippen LogP contribution >= 0.6 is 23.8 Å². The van der Waals surface area contributed by atoms with E-state index >= 15 is 0 Å². The topological polar surface area (TPSA) is 64.3 Å². The van der Waals surface area contributed by atoms with Gasteiger partial charge in [0.15, 0.2) is 4.77 Å². The molecule has 8 heteroatoms. The normalized spacial score (nSPS) is 11.2. The fourth-order valence-corrected chi connectivity index (χ4v) is 2.40. The summed E-state index contributed by atoms with van der Waals surface area (Å²) in [5, 5.41) is 8.25. The van der Waals surface area contributed by atoms with Gasteiger partial charge < -0.3 is 9.55 Å². The van der Waals surface area contributed by atoms with Gasteiger partial charge in [0.1, 0.15) is 0 Å². The Morgan fingerprint density at radius 1 is 1.33 bits per heavy atom. The maximum atomic E-state index is 6.15. The largest absolute Gasteiger partial charge is 0.329 e. The molecule has 18 heavy (non-hydrogen) atoms. The quantitative estimate of drug-likeness (QED) is 0.746. The van der Waals surface area contributed by atoms with Crippen LogP contribution in [0.5, 0.6) is 0 Å². The van der Waals surface area contributed by atoms with Crippen molar-refractivity contribution in [2.24, 2.45) is 0 Å². The minimum absolute atomic E-state index is 0.582. The molecule has 0 amide bonds. The van der Waals surface area contributed by atoms with Gasteiger partial charge in [-0.3, -0.25) is 9.67 Å². The van der Waals surface area contributed by atoms with Crippen LogP contribution in [-0.2, 0) is 13.1 Å². The molecule has 0 bridgehead atoms. The van der Waals surface area contributed by atoms with E-state index in [1.54, 1.807) is 23.3 Å². The summed E-state index contributed by atoms with van der Waals surface area (Å²) in [4.78, 5) is 7.11. The van der Waals surface area contributed by atoms with E-state index in [1.807, 2.05) is 10.8 Å². The van der Waals surface area contributed by atoms with Crippen LogP contribution in [0.2, 0.25) is 5.02 Å². The van der Waals surface area contributed by atoms with E-state index in [2.05, 4.69) is 20.3 Å². The van der Waals surface area contributed by atoms with E-state index in [9.17, 15) is 0 Å². The van der Waals surface area contributed by atoms with Gasteiger partial charge in [-0.25, -0.2) is 0 Å². The molecule has 3 aromatic heterocycles. The SMILES string of the molecule is S=c1[nH]c2cncc(Cl)c2n1CCn1ccnn1. The summed E-state index contributed by atoms with van der Waals surface area (Å²) in [6.45, 7) is 1.35. The number of aryl methyl sites for hydroxylation is 2. The molecule has 6 nitrogen and oxygen atoms in total. The Hall–Kier alpha value is -1.73. The average molecular weight is 281 g/mol. The Balaban J connectivity index is 2.01. The van der Waals surface area contributed by atoms with Crippen molar-refractivity contribution < 1.29 is 0 Å². The van der Waals surface area contributed by atoms with Gasteiger partial charge in [-0.15, -0.1) is 5.10 Å². The van der Waals surface area contributed by atoms with Crippen LogP contribution in [0.25, 0.3) is 11.0 Å². The summed E-state index contributed by atoms with van der Waals surface area (Å²) in [6.07, 6.45) is 6.77. The Kier molecular flexibility index (Phi) is 2.85. The molecule has 0 spiro atoms. The number of H-pyrrole nitrogens is 1. The van der Waals surface area contributed by atoms with Crippen LogP contribution in [0.4, 0.5) is 0 Å². The first-order chi connectivity index (χ1) is 8.75. The molecule has 0 aromatic carbocycles. The lowest BCUT2D eigenvalue weighted by molar-refractivity contribution is 0.523. The highest BCUT2D eigenvalue weighted by atomic mass is 35.5. The third-order valence-corrected chi connectivity index (χ3v) is 3.25. The van der Waals surface area contributed by atoms with Crippen LogP contribution < -0.4 is 0 Å². The number of aromatic amines is 1. The zero-order valence-corrected chi connectivity index (χ0v) is 10.8. The molecule has 0 atom stereocenters. The lowest BCUT2D eigenvalue weighted by Crippen LogP contribution is -2.08. The number of nitrogens with zero attached hydrogens (tertiary/aromatic N) is 5. The Labute approximate surface area is 112 Å². The van der Waals surface area contributed by atoms with Crippen LogP contribution in [-0.4, -0.2) is 29.5 Å². The number of hydrogen-bond acceptors (Lipinski definition) is 4. The van der Waals surface area contributed by atoms with Crippen molar-refractivity contribution in [3.8, 4) is 0 Å². The summed E-state index contributed by atoms with van der Waals surface area (Å²) in [6, 6.07) is 0. The summed E-state index contributed by atoms with van der Waals surface area (Å²) in [5.74, 6) is 0. The molecule has 3 rings (SSSR count). The number of nitrogens with one attached hydrogen (secondary N) is 1. The standard InChI is InChI=1S/C10H9ClN6S/c11-7-5-12-6-8-9(7)17(10(18)14-8)4-3-16-2-1-13-15-16/h1-2,5-6H,3-4H2,(H,14,18). The molecule has 0 aliphatic rings. The molecular weight excluding hydrogens is 272 g/mol. The number of pyridine rings is 1. The van der Waals surface area contributed by atoms with E-state index in [0.29, 0.717) is 22.9 Å². The van der Waals surface area contributed by atoms with Gasteiger partial charge in [-0.2, -0.15) is 0 Å². The third kappa shape index (κ3) is 1.91. The Bertz CT molecular complexity index is 728. The van der Waals surface area contributed by atoms with Gasteiger partial charge in [-0.05, 0) is 12.2 Å². The second kappa shape index (κ2) is 4.51. The van der Waals surface area contributed by atoms with E-state index in [-0.39, 0.29) is 0 Å². The predicted octanol–water partition coefficient (Wildman–Crippen LogP) is 2.04. The number of hydrogen-bond donors (Lipinski definition) is 1. The fraction of sp³-hybridized carbons (Fsp3) is 0.200. The van der Waals surface area contributed by atoms with Gasteiger partial charge in [-0.1, -0.05) is 16.8 Å². The number of aromatic nitrogens is 6. The second-order valence-electron chi connectivity index (χ2n) is 3.77. The molecule has 0 aliphatic heterocycles. The Morgan fingerprint density at radius 3 is 3.00 bits per heavy atom. The van der Waals surface area contributed by atoms with Crippen LogP contribution in [0, 0.1) is 4.77 Å². The zero-order valence-electron chi connectivity index (χ0n) is 9.25. The highest BCUT2D eigenvalue weighted by Gasteiger charge is 2.08. The fourth-order valence-electron chi connectivity index (χ4n) is 1.85. The summed E-state index contributed by atoms with van der Waals surface area (Å²) in [5.41, 5.74) is 1.71. The van der Waals surface area contributed by atoms with Crippen molar-refractivity contribution in [3.05, 3.63) is 34.6 Å². The van der Waals surface area contributed by atoms with Gasteiger partial charge in [0.05, 0.1) is 35.0 Å². The number of rotatable bonds is 3. The first kappa shape index (κ1) is 11.4. The maximum absolute atomic E-state index is 6.15. The first-order valence-electron chi connectivity index (χ1n) is 5.32. The monoisotopic (exact) mass is 280 g/mol. The van der Waals surface area contributed by atoms with Crippen molar-refractivity contribution in [1.29, 1.82) is 0 Å². The highest BCUT2D eigenvalue weighted by molar-refractivity contribution is 7.71. The van der Waals surface area contributed by atoms with Crippen molar-refractivity contribution in [1.82, 2.24) is 29.5 Å². The predicted molar refractivity (Wildman–Crippen MR) is 69.9 cm³/mol.